The van der Waals surface area contributed by atoms with Gasteiger partial charge < -0.3 is 10.5 Å². The van der Waals surface area contributed by atoms with E-state index in [-0.39, 0.29) is 11.4 Å². The summed E-state index contributed by atoms with van der Waals surface area (Å²) in [7, 11) is 0. The molecule has 0 saturated heterocycles. The summed E-state index contributed by atoms with van der Waals surface area (Å²) >= 11 is 0. The van der Waals surface area contributed by atoms with Crippen LogP contribution in [0.5, 0.6) is 5.75 Å². The fourth-order valence-corrected chi connectivity index (χ4v) is 1.95. The Morgan fingerprint density at radius 3 is 2.75 bits per heavy atom. The lowest BCUT2D eigenvalue weighted by Gasteiger charge is -2.11. The van der Waals surface area contributed by atoms with Gasteiger partial charge in [-0.3, -0.25) is 14.8 Å². The maximum Gasteiger partial charge on any atom is 0.295 e. The van der Waals surface area contributed by atoms with Gasteiger partial charge in [-0.15, -0.1) is 0 Å². The van der Waals surface area contributed by atoms with Crippen LogP contribution in [0.4, 0.5) is 11.4 Å². The summed E-state index contributed by atoms with van der Waals surface area (Å²) < 4.78 is 7.26. The van der Waals surface area contributed by atoms with Gasteiger partial charge in [-0.05, 0) is 19.9 Å². The van der Waals surface area contributed by atoms with E-state index in [1.54, 1.807) is 23.9 Å². The molecule has 1 aromatic heterocycles. The summed E-state index contributed by atoms with van der Waals surface area (Å²) in [5, 5.41) is 15.1. The second-order valence-corrected chi connectivity index (χ2v) is 4.15. The standard InChI is InChI=1S/C13H16N4O3/c1-3-16-8-9(7-15-16)10-5-6-11(17(18)19)12(14)13(10)20-4-2/h5-8H,3-4,14H2,1-2H3. The fourth-order valence-electron chi connectivity index (χ4n) is 1.95. The van der Waals surface area contributed by atoms with E-state index in [4.69, 9.17) is 10.5 Å². The van der Waals surface area contributed by atoms with E-state index < -0.39 is 4.92 Å². The molecule has 0 unspecified atom stereocenters. The van der Waals surface area contributed by atoms with Crippen molar-refractivity contribution in [1.82, 2.24) is 9.78 Å². The molecule has 0 amide bonds. The normalized spacial score (nSPS) is 10.5. The predicted octanol–water partition coefficient (Wildman–Crippen LogP) is 2.46. The van der Waals surface area contributed by atoms with Crippen LogP contribution in [0, 0.1) is 10.1 Å². The van der Waals surface area contributed by atoms with Crippen LogP contribution in [0.2, 0.25) is 0 Å². The van der Waals surface area contributed by atoms with Crippen LogP contribution in [0.15, 0.2) is 24.5 Å². The second kappa shape index (κ2) is 5.60. The van der Waals surface area contributed by atoms with Crippen molar-refractivity contribution in [3.63, 3.8) is 0 Å². The summed E-state index contributed by atoms with van der Waals surface area (Å²) in [5.41, 5.74) is 7.26. The Morgan fingerprint density at radius 1 is 1.45 bits per heavy atom. The zero-order chi connectivity index (χ0) is 14.7. The highest BCUT2D eigenvalue weighted by Crippen LogP contribution is 2.40. The van der Waals surface area contributed by atoms with E-state index in [2.05, 4.69) is 5.10 Å². The molecule has 0 radical (unpaired) electrons. The smallest absolute Gasteiger partial charge is 0.295 e. The van der Waals surface area contributed by atoms with E-state index in [1.807, 2.05) is 13.1 Å². The van der Waals surface area contributed by atoms with Crippen LogP contribution in [0.3, 0.4) is 0 Å². The molecule has 7 nitrogen and oxygen atoms in total. The molecule has 7 heteroatoms. The van der Waals surface area contributed by atoms with E-state index in [0.29, 0.717) is 17.9 Å². The molecule has 2 aromatic rings. The fraction of sp³-hybridized carbons (Fsp3) is 0.308. The predicted molar refractivity (Wildman–Crippen MR) is 75.6 cm³/mol. The van der Waals surface area contributed by atoms with Gasteiger partial charge in [-0.1, -0.05) is 0 Å². The molecule has 0 aliphatic rings. The van der Waals surface area contributed by atoms with E-state index >= 15 is 0 Å². The first-order valence-corrected chi connectivity index (χ1v) is 6.31. The number of aryl methyl sites for hydroxylation is 1. The number of ether oxygens (including phenoxy) is 1. The van der Waals surface area contributed by atoms with Crippen LogP contribution >= 0.6 is 0 Å². The lowest BCUT2D eigenvalue weighted by atomic mass is 10.1. The third-order valence-corrected chi connectivity index (χ3v) is 2.93. The van der Waals surface area contributed by atoms with Crippen LogP contribution in [0.25, 0.3) is 11.1 Å². The third-order valence-electron chi connectivity index (χ3n) is 2.93. The average molecular weight is 276 g/mol. The van der Waals surface area contributed by atoms with Crippen molar-refractivity contribution in [2.24, 2.45) is 0 Å². The molecule has 1 aromatic carbocycles. The number of rotatable bonds is 5. The topological polar surface area (TPSA) is 96.2 Å². The van der Waals surface area contributed by atoms with Gasteiger partial charge in [0.05, 0.1) is 17.7 Å². The van der Waals surface area contributed by atoms with Gasteiger partial charge in [0.1, 0.15) is 0 Å². The number of aromatic nitrogens is 2. The van der Waals surface area contributed by atoms with Crippen molar-refractivity contribution in [1.29, 1.82) is 0 Å². The molecule has 106 valence electrons. The van der Waals surface area contributed by atoms with Gasteiger partial charge in [-0.25, -0.2) is 0 Å². The van der Waals surface area contributed by atoms with Crippen molar-refractivity contribution in [2.45, 2.75) is 20.4 Å². The molecule has 2 rings (SSSR count). The lowest BCUT2D eigenvalue weighted by Crippen LogP contribution is -2.02. The number of hydrogen-bond donors (Lipinski definition) is 1. The summed E-state index contributed by atoms with van der Waals surface area (Å²) in [6.07, 6.45) is 3.54. The van der Waals surface area contributed by atoms with Crippen LogP contribution < -0.4 is 10.5 Å². The molecule has 0 spiro atoms. The van der Waals surface area contributed by atoms with Crippen molar-refractivity contribution < 1.29 is 9.66 Å². The number of hydrogen-bond acceptors (Lipinski definition) is 5. The number of nitro groups is 1. The minimum Gasteiger partial charge on any atom is -0.491 e. The number of nitrogen functional groups attached to an aromatic ring is 1. The van der Waals surface area contributed by atoms with E-state index in [0.717, 1.165) is 12.1 Å². The molecule has 0 aliphatic carbocycles. The minimum absolute atomic E-state index is 0.0404. The first kappa shape index (κ1) is 13.9. The largest absolute Gasteiger partial charge is 0.491 e. The van der Waals surface area contributed by atoms with Gasteiger partial charge in [0.15, 0.2) is 11.4 Å². The van der Waals surface area contributed by atoms with Gasteiger partial charge >= 0.3 is 0 Å². The van der Waals surface area contributed by atoms with E-state index in [1.165, 1.54) is 6.07 Å². The minimum atomic E-state index is -0.517. The molecule has 0 fully saturated rings. The Kier molecular flexibility index (Phi) is 3.88. The number of anilines is 1. The maximum atomic E-state index is 10.9. The quantitative estimate of drug-likeness (QED) is 0.514. The second-order valence-electron chi connectivity index (χ2n) is 4.15. The summed E-state index contributed by atoms with van der Waals surface area (Å²) in [5.74, 6) is 0.331. The SMILES string of the molecule is CCOc1c(-c2cnn(CC)c2)ccc([N+](=O)[O-])c1N. The summed E-state index contributed by atoms with van der Waals surface area (Å²) in [6, 6.07) is 3.02. The zero-order valence-corrected chi connectivity index (χ0v) is 11.4. The Labute approximate surface area is 116 Å². The number of nitro benzene ring substituents is 1. The first-order valence-electron chi connectivity index (χ1n) is 6.31. The summed E-state index contributed by atoms with van der Waals surface area (Å²) in [6.45, 7) is 4.90. The Hall–Kier alpha value is -2.57. The lowest BCUT2D eigenvalue weighted by molar-refractivity contribution is -0.383. The zero-order valence-electron chi connectivity index (χ0n) is 11.4. The van der Waals surface area contributed by atoms with Gasteiger partial charge in [0.25, 0.3) is 5.69 Å². The number of nitrogens with two attached hydrogens (primary N) is 1. The monoisotopic (exact) mass is 276 g/mol. The first-order chi connectivity index (χ1) is 9.58. The molecule has 20 heavy (non-hydrogen) atoms. The van der Waals surface area contributed by atoms with Crippen molar-refractivity contribution in [3.8, 4) is 16.9 Å². The highest BCUT2D eigenvalue weighted by molar-refractivity contribution is 5.81. The Bertz CT molecular complexity index is 637. The highest BCUT2D eigenvalue weighted by atomic mass is 16.6. The van der Waals surface area contributed by atoms with Crippen LogP contribution in [0.1, 0.15) is 13.8 Å². The molecule has 0 saturated carbocycles. The number of benzene rings is 1. The Balaban J connectivity index is 2.57. The van der Waals surface area contributed by atoms with Crippen LogP contribution in [-0.4, -0.2) is 21.3 Å². The van der Waals surface area contributed by atoms with Crippen molar-refractivity contribution in [2.75, 3.05) is 12.3 Å². The number of nitrogens with zero attached hydrogens (tertiary/aromatic N) is 3. The van der Waals surface area contributed by atoms with Gasteiger partial charge in [0.2, 0.25) is 0 Å². The van der Waals surface area contributed by atoms with Crippen LogP contribution in [-0.2, 0) is 6.54 Å². The molecule has 0 aliphatic heterocycles. The van der Waals surface area contributed by atoms with Crippen molar-refractivity contribution in [3.05, 3.63) is 34.6 Å². The average Bonchev–Trinajstić information content (AvgIpc) is 2.89. The molecule has 2 N–H and O–H groups in total. The molecular weight excluding hydrogens is 260 g/mol. The maximum absolute atomic E-state index is 10.9. The van der Waals surface area contributed by atoms with Crippen molar-refractivity contribution >= 4 is 11.4 Å². The molecule has 1 heterocycles. The molecule has 0 atom stereocenters. The van der Waals surface area contributed by atoms with Gasteiger partial charge in [0, 0.05) is 29.9 Å². The third kappa shape index (κ3) is 2.42. The summed E-state index contributed by atoms with van der Waals surface area (Å²) in [4.78, 5) is 10.4. The molecular formula is C13H16N4O3. The van der Waals surface area contributed by atoms with E-state index in [9.17, 15) is 10.1 Å². The molecule has 0 bridgehead atoms. The Morgan fingerprint density at radius 2 is 2.20 bits per heavy atom. The van der Waals surface area contributed by atoms with Gasteiger partial charge in [-0.2, -0.15) is 5.10 Å². The highest BCUT2D eigenvalue weighted by Gasteiger charge is 2.21.